The summed E-state index contributed by atoms with van der Waals surface area (Å²) in [7, 11) is 3.90. The Kier molecular flexibility index (Phi) is 10.0. The van der Waals surface area contributed by atoms with Crippen LogP contribution in [0.2, 0.25) is 0 Å². The SMILES string of the molecule is CCC(=O)c1ccc(C[C@@H](CNC(=O)C[C@@H](CC(C)C)c2ccccc2)N(C)C)cc1F. The number of Topliss-reactive ketones (excluding diaryl/α,β-unsaturated/α-hetero) is 1. The number of ketones is 1. The zero-order chi connectivity index (χ0) is 23.7. The summed E-state index contributed by atoms with van der Waals surface area (Å²) in [5.41, 5.74) is 2.14. The summed E-state index contributed by atoms with van der Waals surface area (Å²) in [4.78, 5) is 26.6. The molecule has 2 atom stereocenters. The van der Waals surface area contributed by atoms with Crippen molar-refractivity contribution in [3.63, 3.8) is 0 Å². The monoisotopic (exact) mass is 440 g/mol. The molecule has 4 nitrogen and oxygen atoms in total. The molecule has 0 unspecified atom stereocenters. The molecule has 2 rings (SSSR count). The zero-order valence-electron chi connectivity index (χ0n) is 20.0. The van der Waals surface area contributed by atoms with Gasteiger partial charge in [0.15, 0.2) is 5.78 Å². The van der Waals surface area contributed by atoms with E-state index in [4.69, 9.17) is 0 Å². The van der Waals surface area contributed by atoms with E-state index in [1.165, 1.54) is 11.6 Å². The van der Waals surface area contributed by atoms with E-state index < -0.39 is 5.82 Å². The summed E-state index contributed by atoms with van der Waals surface area (Å²) in [6.45, 7) is 6.55. The highest BCUT2D eigenvalue weighted by Gasteiger charge is 2.20. The molecule has 0 aliphatic rings. The molecule has 0 bridgehead atoms. The molecule has 5 heteroatoms. The van der Waals surface area contributed by atoms with Crippen LogP contribution in [0, 0.1) is 11.7 Å². The number of benzene rings is 2. The maximum atomic E-state index is 14.4. The fourth-order valence-electron chi connectivity index (χ4n) is 3.97. The van der Waals surface area contributed by atoms with E-state index in [0.717, 1.165) is 12.0 Å². The van der Waals surface area contributed by atoms with Gasteiger partial charge in [-0.15, -0.1) is 0 Å². The molecule has 0 heterocycles. The molecule has 0 aliphatic carbocycles. The van der Waals surface area contributed by atoms with Crippen LogP contribution in [0.1, 0.15) is 67.4 Å². The van der Waals surface area contributed by atoms with Crippen LogP contribution >= 0.6 is 0 Å². The van der Waals surface area contributed by atoms with Crippen LogP contribution in [0.4, 0.5) is 4.39 Å². The molecule has 2 aromatic rings. The Morgan fingerprint density at radius 2 is 1.75 bits per heavy atom. The van der Waals surface area contributed by atoms with Gasteiger partial charge in [0.25, 0.3) is 0 Å². The molecule has 0 radical (unpaired) electrons. The maximum Gasteiger partial charge on any atom is 0.220 e. The van der Waals surface area contributed by atoms with Crippen molar-refractivity contribution in [1.29, 1.82) is 0 Å². The standard InChI is InChI=1S/C27H37FN2O2/c1-6-26(31)24-13-12-20(16-25(24)28)15-23(30(4)5)18-29-27(32)17-22(14-19(2)3)21-10-8-7-9-11-21/h7-13,16,19,22-23H,6,14-15,17-18H2,1-5H3,(H,29,32)/t22-,23+/m1/s1. The second kappa shape index (κ2) is 12.5. The van der Waals surface area contributed by atoms with Gasteiger partial charge in [0.05, 0.1) is 5.56 Å². The van der Waals surface area contributed by atoms with E-state index >= 15 is 0 Å². The number of likely N-dealkylation sites (N-methyl/N-ethyl adjacent to an activating group) is 1. The molecule has 0 spiro atoms. The fourth-order valence-corrected chi connectivity index (χ4v) is 3.97. The quantitative estimate of drug-likeness (QED) is 0.460. The number of nitrogens with zero attached hydrogens (tertiary/aromatic N) is 1. The van der Waals surface area contributed by atoms with E-state index in [2.05, 4.69) is 31.3 Å². The highest BCUT2D eigenvalue weighted by molar-refractivity contribution is 5.96. The molecule has 0 fully saturated rings. The Bertz CT molecular complexity index is 880. The third-order valence-corrected chi connectivity index (χ3v) is 5.85. The van der Waals surface area contributed by atoms with Gasteiger partial charge in [0, 0.05) is 25.4 Å². The normalized spacial score (nSPS) is 13.2. The first-order valence-corrected chi connectivity index (χ1v) is 11.5. The number of halogens is 1. The summed E-state index contributed by atoms with van der Waals surface area (Å²) >= 11 is 0. The second-order valence-corrected chi connectivity index (χ2v) is 9.16. The van der Waals surface area contributed by atoms with Crippen molar-refractivity contribution in [2.75, 3.05) is 20.6 Å². The molecule has 0 aliphatic heterocycles. The van der Waals surface area contributed by atoms with E-state index in [9.17, 15) is 14.0 Å². The van der Waals surface area contributed by atoms with Crippen LogP contribution < -0.4 is 5.32 Å². The minimum absolute atomic E-state index is 0.0198. The summed E-state index contributed by atoms with van der Waals surface area (Å²) in [5, 5.41) is 3.08. The predicted molar refractivity (Wildman–Crippen MR) is 128 cm³/mol. The first kappa shape index (κ1) is 25.7. The second-order valence-electron chi connectivity index (χ2n) is 9.16. The van der Waals surface area contributed by atoms with Crippen LogP contribution in [-0.2, 0) is 11.2 Å². The molecule has 1 amide bonds. The van der Waals surface area contributed by atoms with Crippen molar-refractivity contribution in [1.82, 2.24) is 10.2 Å². The highest BCUT2D eigenvalue weighted by atomic mass is 19.1. The van der Waals surface area contributed by atoms with Crippen molar-refractivity contribution >= 4 is 11.7 Å². The predicted octanol–water partition coefficient (Wildman–Crippen LogP) is 5.23. The first-order chi connectivity index (χ1) is 15.2. The Morgan fingerprint density at radius 1 is 1.06 bits per heavy atom. The van der Waals surface area contributed by atoms with Gasteiger partial charge >= 0.3 is 0 Å². The van der Waals surface area contributed by atoms with E-state index in [1.807, 2.05) is 37.2 Å². The summed E-state index contributed by atoms with van der Waals surface area (Å²) in [6, 6.07) is 15.0. The number of hydrogen-bond donors (Lipinski definition) is 1. The Labute approximate surface area is 192 Å². The zero-order valence-corrected chi connectivity index (χ0v) is 20.0. The molecule has 1 N–H and O–H groups in total. The number of nitrogens with one attached hydrogen (secondary N) is 1. The molecule has 32 heavy (non-hydrogen) atoms. The van der Waals surface area contributed by atoms with Gasteiger partial charge in [-0.05, 0) is 62.0 Å². The average molecular weight is 441 g/mol. The van der Waals surface area contributed by atoms with Crippen LogP contribution in [0.15, 0.2) is 48.5 Å². The fraction of sp³-hybridized carbons (Fsp3) is 0.481. The summed E-state index contributed by atoms with van der Waals surface area (Å²) < 4.78 is 14.4. The molecule has 0 saturated heterocycles. The highest BCUT2D eigenvalue weighted by Crippen LogP contribution is 2.27. The number of hydrogen-bond acceptors (Lipinski definition) is 3. The maximum absolute atomic E-state index is 14.4. The molecule has 2 aromatic carbocycles. The number of rotatable bonds is 12. The van der Waals surface area contributed by atoms with Crippen molar-refractivity contribution in [2.24, 2.45) is 5.92 Å². The van der Waals surface area contributed by atoms with Gasteiger partial charge in [-0.3, -0.25) is 9.59 Å². The minimum atomic E-state index is -0.477. The lowest BCUT2D eigenvalue weighted by molar-refractivity contribution is -0.121. The lowest BCUT2D eigenvalue weighted by atomic mass is 9.87. The van der Waals surface area contributed by atoms with E-state index in [-0.39, 0.29) is 35.6 Å². The largest absolute Gasteiger partial charge is 0.355 e. The third kappa shape index (κ3) is 7.86. The van der Waals surface area contributed by atoms with Gasteiger partial charge < -0.3 is 10.2 Å². The van der Waals surface area contributed by atoms with Gasteiger partial charge in [0.1, 0.15) is 5.82 Å². The molecule has 174 valence electrons. The van der Waals surface area contributed by atoms with Crippen LogP contribution in [0.3, 0.4) is 0 Å². The van der Waals surface area contributed by atoms with Gasteiger partial charge in [-0.1, -0.05) is 57.2 Å². The number of carbonyl (C=O) groups is 2. The van der Waals surface area contributed by atoms with Crippen LogP contribution in [-0.4, -0.2) is 43.3 Å². The third-order valence-electron chi connectivity index (χ3n) is 5.85. The average Bonchev–Trinajstić information content (AvgIpc) is 2.75. The molecule has 0 saturated carbocycles. The summed E-state index contributed by atoms with van der Waals surface area (Å²) in [5.74, 6) is 0.0447. The first-order valence-electron chi connectivity index (χ1n) is 11.5. The Balaban J connectivity index is 2.00. The smallest absolute Gasteiger partial charge is 0.220 e. The number of carbonyl (C=O) groups excluding carboxylic acids is 2. The van der Waals surface area contributed by atoms with Crippen LogP contribution in [0.5, 0.6) is 0 Å². The van der Waals surface area contributed by atoms with Crippen LogP contribution in [0.25, 0.3) is 0 Å². The Hall–Kier alpha value is -2.53. The molecular formula is C27H37FN2O2. The summed E-state index contributed by atoms with van der Waals surface area (Å²) in [6.07, 6.45) is 2.27. The minimum Gasteiger partial charge on any atom is -0.355 e. The van der Waals surface area contributed by atoms with Crippen molar-refractivity contribution in [3.05, 3.63) is 71.0 Å². The lowest BCUT2D eigenvalue weighted by Gasteiger charge is -2.26. The van der Waals surface area contributed by atoms with Gasteiger partial charge in [0.2, 0.25) is 5.91 Å². The van der Waals surface area contributed by atoms with E-state index in [0.29, 0.717) is 25.3 Å². The molecule has 0 aromatic heterocycles. The lowest BCUT2D eigenvalue weighted by Crippen LogP contribution is -2.42. The topological polar surface area (TPSA) is 49.4 Å². The van der Waals surface area contributed by atoms with Gasteiger partial charge in [-0.2, -0.15) is 0 Å². The van der Waals surface area contributed by atoms with Crippen molar-refractivity contribution in [2.45, 2.75) is 58.4 Å². The van der Waals surface area contributed by atoms with E-state index in [1.54, 1.807) is 19.1 Å². The molecular weight excluding hydrogens is 403 g/mol. The van der Waals surface area contributed by atoms with Gasteiger partial charge in [-0.25, -0.2) is 4.39 Å². The van der Waals surface area contributed by atoms with Crippen molar-refractivity contribution < 1.29 is 14.0 Å². The number of amides is 1. The Morgan fingerprint density at radius 3 is 2.31 bits per heavy atom. The van der Waals surface area contributed by atoms with Crippen molar-refractivity contribution in [3.8, 4) is 0 Å².